The molecule has 0 amide bonds. The van der Waals surface area contributed by atoms with Gasteiger partial charge in [0.1, 0.15) is 5.69 Å². The molecular formula is C21H33BN2O4. The molecule has 1 aliphatic carbocycles. The molecular weight excluding hydrogens is 355 g/mol. The van der Waals surface area contributed by atoms with Crippen LogP contribution in [0.25, 0.3) is 0 Å². The van der Waals surface area contributed by atoms with E-state index in [1.807, 2.05) is 12.1 Å². The monoisotopic (exact) mass is 388 g/mol. The van der Waals surface area contributed by atoms with Crippen molar-refractivity contribution in [2.24, 2.45) is 11.3 Å². The zero-order chi connectivity index (χ0) is 20.3. The number of hydrogen-bond donors (Lipinski definition) is 0. The van der Waals surface area contributed by atoms with Gasteiger partial charge < -0.3 is 14.2 Å². The minimum atomic E-state index is -0.533. The zero-order valence-corrected chi connectivity index (χ0v) is 17.6. The lowest BCUT2D eigenvalue weighted by Crippen LogP contribution is -2.47. The van der Waals surface area contributed by atoms with E-state index in [1.165, 1.54) is 19.3 Å². The Kier molecular flexibility index (Phi) is 6.66. The Bertz CT molecular complexity index is 679. The van der Waals surface area contributed by atoms with Crippen molar-refractivity contribution in [3.63, 3.8) is 0 Å². The molecule has 1 aliphatic heterocycles. The largest absolute Gasteiger partial charge is 0.494 e. The maximum atomic E-state index is 11.9. The summed E-state index contributed by atoms with van der Waals surface area (Å²) < 4.78 is 11.7. The molecule has 3 rings (SSSR count). The Morgan fingerprint density at radius 3 is 2.43 bits per heavy atom. The molecule has 0 spiro atoms. The van der Waals surface area contributed by atoms with Gasteiger partial charge in [0.25, 0.3) is 5.69 Å². The predicted molar refractivity (Wildman–Crippen MR) is 113 cm³/mol. The van der Waals surface area contributed by atoms with Crippen LogP contribution in [-0.4, -0.2) is 37.8 Å². The standard InChI is InChI=1S/C21H33BN2O4/c1-16(2)13-23(18-8-6-5-7-9-18)19-11-10-17(12-20(19)24(25)26)22-27-14-21(3,4)15-28-22/h10-12,16,18H,5-9,13-15H2,1-4H3. The lowest BCUT2D eigenvalue weighted by atomic mass is 9.75. The molecule has 1 aromatic carbocycles. The van der Waals surface area contributed by atoms with E-state index in [0.717, 1.165) is 30.5 Å². The van der Waals surface area contributed by atoms with Crippen LogP contribution in [0, 0.1) is 21.4 Å². The molecule has 1 saturated carbocycles. The highest BCUT2D eigenvalue weighted by Crippen LogP contribution is 2.34. The highest BCUT2D eigenvalue weighted by molar-refractivity contribution is 6.61. The van der Waals surface area contributed by atoms with E-state index in [2.05, 4.69) is 32.6 Å². The van der Waals surface area contributed by atoms with E-state index >= 15 is 0 Å². The molecule has 1 saturated heterocycles. The Hall–Kier alpha value is -1.60. The molecule has 0 aromatic heterocycles. The van der Waals surface area contributed by atoms with Crippen molar-refractivity contribution >= 4 is 24.0 Å². The van der Waals surface area contributed by atoms with Gasteiger partial charge in [-0.15, -0.1) is 0 Å². The summed E-state index contributed by atoms with van der Waals surface area (Å²) in [4.78, 5) is 13.9. The average molecular weight is 388 g/mol. The van der Waals surface area contributed by atoms with Gasteiger partial charge in [-0.05, 0) is 30.3 Å². The molecule has 6 nitrogen and oxygen atoms in total. The van der Waals surface area contributed by atoms with Crippen molar-refractivity contribution in [3.05, 3.63) is 28.3 Å². The van der Waals surface area contributed by atoms with Crippen LogP contribution in [0.2, 0.25) is 0 Å². The third-order valence-corrected chi connectivity index (χ3v) is 5.61. The molecule has 0 N–H and O–H groups in total. The molecule has 1 aromatic rings. The maximum Gasteiger partial charge on any atom is 0.494 e. The second kappa shape index (κ2) is 8.83. The third-order valence-electron chi connectivity index (χ3n) is 5.61. The molecule has 0 atom stereocenters. The lowest BCUT2D eigenvalue weighted by Gasteiger charge is -2.37. The first-order valence-electron chi connectivity index (χ1n) is 10.5. The normalized spacial score (nSPS) is 20.4. The van der Waals surface area contributed by atoms with Gasteiger partial charge in [0.05, 0.1) is 4.92 Å². The Morgan fingerprint density at radius 1 is 1.21 bits per heavy atom. The Balaban J connectivity index is 1.89. The molecule has 2 fully saturated rings. The van der Waals surface area contributed by atoms with Crippen molar-refractivity contribution in [3.8, 4) is 0 Å². The summed E-state index contributed by atoms with van der Waals surface area (Å²) in [7, 11) is -0.533. The predicted octanol–water partition coefficient (Wildman–Crippen LogP) is 4.16. The van der Waals surface area contributed by atoms with Crippen molar-refractivity contribution < 1.29 is 14.2 Å². The number of nitrogens with zero attached hydrogens (tertiary/aromatic N) is 2. The van der Waals surface area contributed by atoms with E-state index in [9.17, 15) is 10.1 Å². The fourth-order valence-corrected chi connectivity index (χ4v) is 4.19. The molecule has 0 bridgehead atoms. The van der Waals surface area contributed by atoms with Crippen LogP contribution in [0.3, 0.4) is 0 Å². The molecule has 7 heteroatoms. The third kappa shape index (κ3) is 5.06. The molecule has 0 radical (unpaired) electrons. The van der Waals surface area contributed by atoms with Gasteiger partial charge in [-0.25, -0.2) is 0 Å². The molecule has 154 valence electrons. The van der Waals surface area contributed by atoms with Crippen LogP contribution in [0.4, 0.5) is 11.4 Å². The molecule has 2 aliphatic rings. The van der Waals surface area contributed by atoms with E-state index < -0.39 is 7.12 Å². The summed E-state index contributed by atoms with van der Waals surface area (Å²) >= 11 is 0. The smallest absolute Gasteiger partial charge is 0.407 e. The van der Waals surface area contributed by atoms with Crippen LogP contribution in [0.15, 0.2) is 18.2 Å². The van der Waals surface area contributed by atoms with E-state index in [0.29, 0.717) is 25.2 Å². The Morgan fingerprint density at radius 2 is 1.86 bits per heavy atom. The second-order valence-electron chi connectivity index (χ2n) is 9.46. The van der Waals surface area contributed by atoms with Crippen molar-refractivity contribution in [1.82, 2.24) is 0 Å². The van der Waals surface area contributed by atoms with Gasteiger partial charge >= 0.3 is 7.12 Å². The van der Waals surface area contributed by atoms with E-state index in [1.54, 1.807) is 6.07 Å². The SMILES string of the molecule is CC(C)CN(c1ccc(B2OCC(C)(C)CO2)cc1[N+](=O)[O-])C1CCCCC1. The van der Waals surface area contributed by atoms with Crippen molar-refractivity contribution in [1.29, 1.82) is 0 Å². The van der Waals surface area contributed by atoms with Gasteiger partial charge in [-0.2, -0.15) is 0 Å². The number of nitro benzene ring substituents is 1. The highest BCUT2D eigenvalue weighted by atomic mass is 16.6. The minimum Gasteiger partial charge on any atom is -0.407 e. The fourth-order valence-electron chi connectivity index (χ4n) is 4.19. The maximum absolute atomic E-state index is 11.9. The van der Waals surface area contributed by atoms with Gasteiger partial charge in [0.15, 0.2) is 0 Å². The fraction of sp³-hybridized carbons (Fsp3) is 0.714. The number of rotatable bonds is 6. The average Bonchev–Trinajstić information content (AvgIpc) is 2.66. The Labute approximate surface area is 168 Å². The van der Waals surface area contributed by atoms with Crippen LogP contribution in [0.5, 0.6) is 0 Å². The summed E-state index contributed by atoms with van der Waals surface area (Å²) in [6, 6.07) is 5.86. The number of benzene rings is 1. The summed E-state index contributed by atoms with van der Waals surface area (Å²) in [5.41, 5.74) is 1.57. The summed E-state index contributed by atoms with van der Waals surface area (Å²) in [5, 5.41) is 11.9. The lowest BCUT2D eigenvalue weighted by molar-refractivity contribution is -0.384. The number of nitro groups is 1. The van der Waals surface area contributed by atoms with Crippen LogP contribution in [-0.2, 0) is 9.31 Å². The first kappa shape index (κ1) is 21.1. The van der Waals surface area contributed by atoms with Gasteiger partial charge in [0.2, 0.25) is 0 Å². The first-order chi connectivity index (χ1) is 13.3. The van der Waals surface area contributed by atoms with Gasteiger partial charge in [0, 0.05) is 37.3 Å². The summed E-state index contributed by atoms with van der Waals surface area (Å²) in [5.74, 6) is 0.438. The molecule has 28 heavy (non-hydrogen) atoms. The summed E-state index contributed by atoms with van der Waals surface area (Å²) in [6.45, 7) is 10.5. The van der Waals surface area contributed by atoms with E-state index in [4.69, 9.17) is 9.31 Å². The summed E-state index contributed by atoms with van der Waals surface area (Å²) in [6.07, 6.45) is 5.88. The number of anilines is 1. The number of hydrogen-bond acceptors (Lipinski definition) is 5. The minimum absolute atomic E-state index is 0.0303. The second-order valence-corrected chi connectivity index (χ2v) is 9.46. The first-order valence-corrected chi connectivity index (χ1v) is 10.5. The van der Waals surface area contributed by atoms with Crippen LogP contribution in [0.1, 0.15) is 59.8 Å². The quantitative estimate of drug-likeness (QED) is 0.416. The molecule has 0 unspecified atom stereocenters. The van der Waals surface area contributed by atoms with Gasteiger partial charge in [-0.1, -0.05) is 53.0 Å². The van der Waals surface area contributed by atoms with Crippen molar-refractivity contribution in [2.45, 2.75) is 65.8 Å². The zero-order valence-electron chi connectivity index (χ0n) is 17.6. The van der Waals surface area contributed by atoms with E-state index in [-0.39, 0.29) is 16.0 Å². The van der Waals surface area contributed by atoms with Crippen LogP contribution >= 0.6 is 0 Å². The van der Waals surface area contributed by atoms with Gasteiger partial charge in [-0.3, -0.25) is 10.1 Å². The molecule has 1 heterocycles. The van der Waals surface area contributed by atoms with Crippen molar-refractivity contribution in [2.75, 3.05) is 24.7 Å². The highest BCUT2D eigenvalue weighted by Gasteiger charge is 2.35. The van der Waals surface area contributed by atoms with Crippen LogP contribution < -0.4 is 10.4 Å². The topological polar surface area (TPSA) is 64.8 Å².